The second kappa shape index (κ2) is 8.78. The van der Waals surface area contributed by atoms with Gasteiger partial charge in [-0.25, -0.2) is 4.98 Å². The van der Waals surface area contributed by atoms with Gasteiger partial charge in [-0.2, -0.15) is 4.98 Å². The van der Waals surface area contributed by atoms with Crippen LogP contribution < -0.4 is 5.56 Å². The number of para-hydroxylation sites is 1. The summed E-state index contributed by atoms with van der Waals surface area (Å²) in [4.78, 5) is 23.5. The molecule has 0 radical (unpaired) electrons. The van der Waals surface area contributed by atoms with Gasteiger partial charge in [0.05, 0.1) is 23.2 Å². The van der Waals surface area contributed by atoms with Gasteiger partial charge in [-0.1, -0.05) is 51.0 Å². The van der Waals surface area contributed by atoms with Crippen molar-refractivity contribution >= 4 is 49.9 Å². The zero-order chi connectivity index (χ0) is 21.2. The van der Waals surface area contributed by atoms with E-state index in [9.17, 15) is 4.79 Å². The minimum absolute atomic E-state index is 0.0532. The molecule has 154 valence electrons. The van der Waals surface area contributed by atoms with Crippen molar-refractivity contribution in [3.63, 3.8) is 0 Å². The highest BCUT2D eigenvalue weighted by atomic mass is 79.9. The van der Waals surface area contributed by atoms with E-state index in [0.717, 1.165) is 14.9 Å². The van der Waals surface area contributed by atoms with Crippen molar-refractivity contribution in [3.8, 4) is 11.4 Å². The maximum absolute atomic E-state index is 13.2. The van der Waals surface area contributed by atoms with Crippen LogP contribution in [-0.4, -0.2) is 19.7 Å². The van der Waals surface area contributed by atoms with Crippen molar-refractivity contribution in [2.45, 2.75) is 17.5 Å². The van der Waals surface area contributed by atoms with Gasteiger partial charge >= 0.3 is 0 Å². The Labute approximate surface area is 194 Å². The number of thioether (sulfide) groups is 1. The van der Waals surface area contributed by atoms with Crippen LogP contribution in [0.15, 0.2) is 85.0 Å². The Morgan fingerprint density at radius 3 is 2.68 bits per heavy atom. The number of hydrogen-bond donors (Lipinski definition) is 0. The molecule has 31 heavy (non-hydrogen) atoms. The summed E-state index contributed by atoms with van der Waals surface area (Å²) in [6, 6.07) is 19.1. The monoisotopic (exact) mass is 510 g/mol. The van der Waals surface area contributed by atoms with E-state index >= 15 is 0 Å². The Kier molecular flexibility index (Phi) is 5.71. The first kappa shape index (κ1) is 20.2. The van der Waals surface area contributed by atoms with Gasteiger partial charge in [0.15, 0.2) is 5.16 Å². The van der Waals surface area contributed by atoms with Crippen molar-refractivity contribution in [2.75, 3.05) is 0 Å². The van der Waals surface area contributed by atoms with E-state index in [0.29, 0.717) is 40.1 Å². The lowest BCUT2D eigenvalue weighted by molar-refractivity contribution is 0.391. The molecule has 0 saturated heterocycles. The van der Waals surface area contributed by atoms with Gasteiger partial charge in [-0.05, 0) is 47.8 Å². The second-order valence-electron chi connectivity index (χ2n) is 6.69. The molecule has 0 aliphatic rings. The van der Waals surface area contributed by atoms with Crippen molar-refractivity contribution < 1.29 is 4.52 Å². The van der Waals surface area contributed by atoms with E-state index in [4.69, 9.17) is 9.51 Å². The molecule has 2 aromatic carbocycles. The van der Waals surface area contributed by atoms with Crippen molar-refractivity contribution in [1.29, 1.82) is 0 Å². The van der Waals surface area contributed by atoms with E-state index in [1.165, 1.54) is 11.8 Å². The van der Waals surface area contributed by atoms with Gasteiger partial charge in [-0.15, -0.1) is 11.3 Å². The Morgan fingerprint density at radius 2 is 1.87 bits per heavy atom. The number of benzene rings is 2. The molecular formula is C22H15BrN4O2S2. The molecule has 0 saturated carbocycles. The predicted octanol–water partition coefficient (Wildman–Crippen LogP) is 5.61. The molecule has 5 aromatic rings. The highest BCUT2D eigenvalue weighted by molar-refractivity contribution is 9.10. The minimum Gasteiger partial charge on any atom is -0.338 e. The van der Waals surface area contributed by atoms with Gasteiger partial charge in [0.1, 0.15) is 0 Å². The van der Waals surface area contributed by atoms with E-state index in [1.807, 2.05) is 66.0 Å². The Bertz CT molecular complexity index is 1400. The molecule has 6 nitrogen and oxygen atoms in total. The van der Waals surface area contributed by atoms with Gasteiger partial charge in [-0.3, -0.25) is 9.36 Å². The second-order valence-corrected chi connectivity index (χ2v) is 9.58. The lowest BCUT2D eigenvalue weighted by Gasteiger charge is -2.11. The molecule has 0 amide bonds. The first-order valence-electron chi connectivity index (χ1n) is 9.41. The Balaban J connectivity index is 1.44. The molecule has 0 unspecified atom stereocenters. The summed E-state index contributed by atoms with van der Waals surface area (Å²) in [6.45, 7) is 0.477. The molecule has 0 aliphatic heterocycles. The average molecular weight is 511 g/mol. The van der Waals surface area contributed by atoms with Gasteiger partial charge in [0.2, 0.25) is 11.7 Å². The molecule has 3 aromatic heterocycles. The third-order valence-electron chi connectivity index (χ3n) is 4.62. The molecule has 0 atom stereocenters. The summed E-state index contributed by atoms with van der Waals surface area (Å²) in [7, 11) is 0. The molecule has 3 heterocycles. The number of hydrogen-bond acceptors (Lipinski definition) is 7. The first-order chi connectivity index (χ1) is 15.2. The smallest absolute Gasteiger partial charge is 0.262 e. The molecule has 5 rings (SSSR count). The molecule has 0 bridgehead atoms. The van der Waals surface area contributed by atoms with Gasteiger partial charge in [0, 0.05) is 14.9 Å². The number of halogens is 1. The first-order valence-corrected chi connectivity index (χ1v) is 12.1. The molecule has 0 fully saturated rings. The maximum atomic E-state index is 13.2. The van der Waals surface area contributed by atoms with Gasteiger partial charge in [0.25, 0.3) is 5.56 Å². The standard InChI is InChI=1S/C22H15BrN4O2S2/c23-15-9-7-14(8-10-15)20-25-19(29-26-20)13-31-22-24-18-6-2-1-5-17(18)21(28)27(22)12-16-4-3-11-30-16/h1-11H,12-13H2. The third-order valence-corrected chi connectivity index (χ3v) is 6.97. The normalized spacial score (nSPS) is 11.3. The Morgan fingerprint density at radius 1 is 1.03 bits per heavy atom. The molecule has 0 spiro atoms. The summed E-state index contributed by atoms with van der Waals surface area (Å²) in [5, 5.41) is 7.32. The number of thiophene rings is 1. The fourth-order valence-corrected chi connectivity index (χ4v) is 4.90. The van der Waals surface area contributed by atoms with E-state index < -0.39 is 0 Å². The fourth-order valence-electron chi connectivity index (χ4n) is 3.11. The molecular weight excluding hydrogens is 496 g/mol. The summed E-state index contributed by atoms with van der Waals surface area (Å²) < 4.78 is 8.13. The zero-order valence-electron chi connectivity index (χ0n) is 16.1. The molecule has 0 aliphatic carbocycles. The summed E-state index contributed by atoms with van der Waals surface area (Å²) >= 11 is 6.45. The lowest BCUT2D eigenvalue weighted by atomic mass is 10.2. The third kappa shape index (κ3) is 4.34. The summed E-state index contributed by atoms with van der Waals surface area (Å²) in [5.74, 6) is 1.43. The lowest BCUT2D eigenvalue weighted by Crippen LogP contribution is -2.23. The van der Waals surface area contributed by atoms with Gasteiger partial charge < -0.3 is 4.52 Å². The van der Waals surface area contributed by atoms with Crippen LogP contribution in [0, 0.1) is 0 Å². The van der Waals surface area contributed by atoms with Crippen LogP contribution in [-0.2, 0) is 12.3 Å². The van der Waals surface area contributed by atoms with Crippen LogP contribution in [0.2, 0.25) is 0 Å². The van der Waals surface area contributed by atoms with Crippen molar-refractivity contribution in [1.82, 2.24) is 19.7 Å². The number of rotatable bonds is 6. The number of aromatic nitrogens is 4. The molecule has 9 heteroatoms. The largest absolute Gasteiger partial charge is 0.338 e. The van der Waals surface area contributed by atoms with Crippen LogP contribution >= 0.6 is 39.0 Å². The number of nitrogens with zero attached hydrogens (tertiary/aromatic N) is 4. The maximum Gasteiger partial charge on any atom is 0.262 e. The SMILES string of the molecule is O=c1c2ccccc2nc(SCc2nc(-c3ccc(Br)cc3)no2)n1Cc1cccs1. The zero-order valence-corrected chi connectivity index (χ0v) is 19.3. The van der Waals surface area contributed by atoms with Crippen molar-refractivity contribution in [3.05, 3.63) is 91.6 Å². The highest BCUT2D eigenvalue weighted by Gasteiger charge is 2.15. The van der Waals surface area contributed by atoms with Crippen LogP contribution in [0.5, 0.6) is 0 Å². The topological polar surface area (TPSA) is 73.8 Å². The fraction of sp³-hybridized carbons (Fsp3) is 0.0909. The van der Waals surface area contributed by atoms with E-state index in [2.05, 4.69) is 26.1 Å². The van der Waals surface area contributed by atoms with Crippen LogP contribution in [0.25, 0.3) is 22.3 Å². The highest BCUT2D eigenvalue weighted by Crippen LogP contribution is 2.25. The van der Waals surface area contributed by atoms with E-state index in [-0.39, 0.29) is 5.56 Å². The Hall–Kier alpha value is -2.75. The van der Waals surface area contributed by atoms with Crippen LogP contribution in [0.4, 0.5) is 0 Å². The van der Waals surface area contributed by atoms with Crippen LogP contribution in [0.1, 0.15) is 10.8 Å². The van der Waals surface area contributed by atoms with Crippen LogP contribution in [0.3, 0.4) is 0 Å². The predicted molar refractivity (Wildman–Crippen MR) is 126 cm³/mol. The summed E-state index contributed by atoms with van der Waals surface area (Å²) in [5.41, 5.74) is 1.50. The van der Waals surface area contributed by atoms with Crippen molar-refractivity contribution in [2.24, 2.45) is 0 Å². The quantitative estimate of drug-likeness (QED) is 0.218. The average Bonchev–Trinajstić information content (AvgIpc) is 3.47. The van der Waals surface area contributed by atoms with E-state index in [1.54, 1.807) is 15.9 Å². The summed E-state index contributed by atoms with van der Waals surface area (Å²) in [6.07, 6.45) is 0. The molecule has 0 N–H and O–H groups in total. The number of fused-ring (bicyclic) bond motifs is 1. The minimum atomic E-state index is -0.0532.